The molecule has 0 unspecified atom stereocenters. The van der Waals surface area contributed by atoms with Gasteiger partial charge in [0.1, 0.15) is 5.82 Å². The van der Waals surface area contributed by atoms with Gasteiger partial charge in [-0.3, -0.25) is 4.79 Å². The minimum absolute atomic E-state index is 0.00534. The number of halogens is 2. The summed E-state index contributed by atoms with van der Waals surface area (Å²) in [7, 11) is 0. The van der Waals surface area contributed by atoms with Gasteiger partial charge in [-0.2, -0.15) is 0 Å². The number of hydrogen-bond acceptors (Lipinski definition) is 2. The van der Waals surface area contributed by atoms with Crippen LogP contribution in [0.15, 0.2) is 12.1 Å². The van der Waals surface area contributed by atoms with E-state index in [-0.39, 0.29) is 30.1 Å². The number of amides is 1. The first-order chi connectivity index (χ1) is 11.9. The van der Waals surface area contributed by atoms with Crippen LogP contribution in [0.25, 0.3) is 11.0 Å². The standard InChI is InChI=1S/C20H27F2N3O/c1-12-6-16-15(23-18(12)24-17(26)10-19(3,4)5)7-13(2)25(16)11-14-8-20(21,22)9-14/h6-7,14H,8-11H2,1-5H3,(H,23,24,26). The molecule has 26 heavy (non-hydrogen) atoms. The second kappa shape index (κ2) is 6.32. The van der Waals surface area contributed by atoms with Gasteiger partial charge in [0.25, 0.3) is 0 Å². The van der Waals surface area contributed by atoms with Crippen molar-refractivity contribution >= 4 is 22.8 Å². The fourth-order valence-electron chi connectivity index (χ4n) is 3.60. The fourth-order valence-corrected chi connectivity index (χ4v) is 3.60. The summed E-state index contributed by atoms with van der Waals surface area (Å²) in [6.45, 7) is 10.5. The first-order valence-electron chi connectivity index (χ1n) is 9.09. The third-order valence-corrected chi connectivity index (χ3v) is 4.85. The minimum Gasteiger partial charge on any atom is -0.343 e. The van der Waals surface area contributed by atoms with Gasteiger partial charge in [-0.1, -0.05) is 20.8 Å². The van der Waals surface area contributed by atoms with Gasteiger partial charge in [0.15, 0.2) is 0 Å². The van der Waals surface area contributed by atoms with E-state index in [9.17, 15) is 13.6 Å². The molecular formula is C20H27F2N3O. The van der Waals surface area contributed by atoms with Crippen LogP contribution in [0.3, 0.4) is 0 Å². The van der Waals surface area contributed by atoms with Crippen molar-refractivity contribution in [2.45, 2.75) is 66.3 Å². The molecule has 1 fully saturated rings. The zero-order valence-corrected chi connectivity index (χ0v) is 16.1. The summed E-state index contributed by atoms with van der Waals surface area (Å²) >= 11 is 0. The maximum absolute atomic E-state index is 13.1. The molecule has 1 saturated carbocycles. The van der Waals surface area contributed by atoms with Gasteiger partial charge < -0.3 is 9.88 Å². The number of anilines is 1. The highest BCUT2D eigenvalue weighted by Crippen LogP contribution is 2.43. The third-order valence-electron chi connectivity index (χ3n) is 4.85. The molecule has 1 aliphatic rings. The van der Waals surface area contributed by atoms with Gasteiger partial charge in [-0.25, -0.2) is 13.8 Å². The summed E-state index contributed by atoms with van der Waals surface area (Å²) in [5, 5.41) is 2.90. The predicted octanol–water partition coefficient (Wildman–Crippen LogP) is 5.07. The van der Waals surface area contributed by atoms with Crippen molar-refractivity contribution in [1.29, 1.82) is 0 Å². The Hall–Kier alpha value is -1.98. The van der Waals surface area contributed by atoms with Crippen LogP contribution in [0, 0.1) is 25.2 Å². The largest absolute Gasteiger partial charge is 0.343 e. The van der Waals surface area contributed by atoms with Crippen LogP contribution in [0.1, 0.15) is 51.3 Å². The predicted molar refractivity (Wildman–Crippen MR) is 99.6 cm³/mol. The summed E-state index contributed by atoms with van der Waals surface area (Å²) in [4.78, 5) is 16.8. The molecule has 1 amide bonds. The van der Waals surface area contributed by atoms with E-state index < -0.39 is 5.92 Å². The fraction of sp³-hybridized carbons (Fsp3) is 0.600. The van der Waals surface area contributed by atoms with E-state index in [2.05, 4.69) is 14.9 Å². The number of carbonyl (C=O) groups is 1. The summed E-state index contributed by atoms with van der Waals surface area (Å²) in [6.07, 6.45) is 0.334. The molecule has 0 saturated heterocycles. The quantitative estimate of drug-likeness (QED) is 0.824. The van der Waals surface area contributed by atoms with Gasteiger partial charge in [0.2, 0.25) is 11.8 Å². The van der Waals surface area contributed by atoms with Crippen LogP contribution < -0.4 is 5.32 Å². The Kier molecular flexibility index (Phi) is 4.57. The molecule has 2 aromatic heterocycles. The first kappa shape index (κ1) is 18.8. The number of hydrogen-bond donors (Lipinski definition) is 1. The highest BCUT2D eigenvalue weighted by atomic mass is 19.3. The summed E-state index contributed by atoms with van der Waals surface area (Å²) in [6, 6.07) is 3.93. The topological polar surface area (TPSA) is 46.9 Å². The molecule has 0 bridgehead atoms. The van der Waals surface area contributed by atoms with E-state index >= 15 is 0 Å². The lowest BCUT2D eigenvalue weighted by Gasteiger charge is -2.35. The molecule has 0 atom stereocenters. The molecule has 2 aromatic rings. The van der Waals surface area contributed by atoms with Crippen LogP contribution in [-0.4, -0.2) is 21.4 Å². The Labute approximate surface area is 153 Å². The van der Waals surface area contributed by atoms with Crippen molar-refractivity contribution in [3.8, 4) is 0 Å². The zero-order chi connectivity index (χ0) is 19.3. The van der Waals surface area contributed by atoms with Crippen LogP contribution in [0.4, 0.5) is 14.6 Å². The van der Waals surface area contributed by atoms with E-state index in [1.165, 1.54) is 0 Å². The smallest absolute Gasteiger partial charge is 0.248 e. The Morgan fingerprint density at radius 1 is 1.31 bits per heavy atom. The summed E-state index contributed by atoms with van der Waals surface area (Å²) in [5.74, 6) is -1.98. The SMILES string of the molecule is Cc1cc2c(cc(C)n2CC2CC(F)(F)C2)nc1NC(=O)CC(C)(C)C. The van der Waals surface area contributed by atoms with E-state index in [1.807, 2.05) is 46.8 Å². The maximum atomic E-state index is 13.1. The van der Waals surface area contributed by atoms with Gasteiger partial charge in [-0.15, -0.1) is 0 Å². The number of nitrogens with one attached hydrogen (secondary N) is 1. The van der Waals surface area contributed by atoms with Gasteiger partial charge in [0, 0.05) is 31.5 Å². The van der Waals surface area contributed by atoms with Crippen molar-refractivity contribution in [2.24, 2.45) is 11.3 Å². The Morgan fingerprint density at radius 3 is 2.54 bits per heavy atom. The molecule has 0 aliphatic heterocycles. The number of carbonyl (C=O) groups excluding carboxylic acids is 1. The molecule has 0 spiro atoms. The highest BCUT2D eigenvalue weighted by Gasteiger charge is 2.45. The molecule has 4 nitrogen and oxygen atoms in total. The van der Waals surface area contributed by atoms with E-state index in [4.69, 9.17) is 0 Å². The van der Waals surface area contributed by atoms with Crippen LogP contribution >= 0.6 is 0 Å². The Bertz CT molecular complexity index is 841. The molecule has 2 heterocycles. The molecule has 0 aromatic carbocycles. The van der Waals surface area contributed by atoms with E-state index in [1.54, 1.807) is 0 Å². The van der Waals surface area contributed by atoms with Crippen molar-refractivity contribution < 1.29 is 13.6 Å². The van der Waals surface area contributed by atoms with Gasteiger partial charge in [0.05, 0.1) is 11.0 Å². The molecule has 0 radical (unpaired) electrons. The van der Waals surface area contributed by atoms with Crippen LogP contribution in [-0.2, 0) is 11.3 Å². The molecule has 3 rings (SSSR count). The lowest BCUT2D eigenvalue weighted by Crippen LogP contribution is -2.37. The summed E-state index contributed by atoms with van der Waals surface area (Å²) in [5.41, 5.74) is 3.50. The highest BCUT2D eigenvalue weighted by molar-refractivity contribution is 5.92. The molecular weight excluding hydrogens is 336 g/mol. The molecule has 1 N–H and O–H groups in total. The summed E-state index contributed by atoms with van der Waals surface area (Å²) < 4.78 is 28.3. The number of pyridine rings is 1. The Morgan fingerprint density at radius 2 is 1.96 bits per heavy atom. The monoisotopic (exact) mass is 363 g/mol. The van der Waals surface area contributed by atoms with Gasteiger partial charge >= 0.3 is 0 Å². The first-order valence-corrected chi connectivity index (χ1v) is 9.09. The van der Waals surface area contributed by atoms with Crippen LogP contribution in [0.5, 0.6) is 0 Å². The third kappa shape index (κ3) is 4.05. The van der Waals surface area contributed by atoms with Crippen LogP contribution in [0.2, 0.25) is 0 Å². The lowest BCUT2D eigenvalue weighted by atomic mass is 9.81. The number of fused-ring (bicyclic) bond motifs is 1. The number of alkyl halides is 2. The molecule has 142 valence electrons. The number of aryl methyl sites for hydroxylation is 2. The zero-order valence-electron chi connectivity index (χ0n) is 16.1. The average Bonchev–Trinajstić information content (AvgIpc) is 2.71. The average molecular weight is 363 g/mol. The molecule has 1 aliphatic carbocycles. The van der Waals surface area contributed by atoms with E-state index in [0.717, 1.165) is 22.3 Å². The Balaban J connectivity index is 1.82. The van der Waals surface area contributed by atoms with Crippen molar-refractivity contribution in [1.82, 2.24) is 9.55 Å². The van der Waals surface area contributed by atoms with Crippen molar-refractivity contribution in [3.05, 3.63) is 23.4 Å². The second-order valence-corrected chi connectivity index (χ2v) is 8.87. The van der Waals surface area contributed by atoms with Gasteiger partial charge in [-0.05, 0) is 42.9 Å². The number of aromatic nitrogens is 2. The van der Waals surface area contributed by atoms with E-state index in [0.29, 0.717) is 18.8 Å². The lowest BCUT2D eigenvalue weighted by molar-refractivity contribution is -0.117. The van der Waals surface area contributed by atoms with Crippen molar-refractivity contribution in [3.63, 3.8) is 0 Å². The van der Waals surface area contributed by atoms with Crippen molar-refractivity contribution in [2.75, 3.05) is 5.32 Å². The minimum atomic E-state index is -2.50. The second-order valence-electron chi connectivity index (χ2n) is 8.87. The number of nitrogens with zero attached hydrogens (tertiary/aromatic N) is 2. The molecule has 6 heteroatoms. The normalized spacial score (nSPS) is 17.3. The number of rotatable bonds is 4. The maximum Gasteiger partial charge on any atom is 0.248 e.